The number of hydrogen-bond donors (Lipinski definition) is 1. The number of hydrogen-bond acceptors (Lipinski definition) is 4. The Morgan fingerprint density at radius 1 is 1.41 bits per heavy atom. The molecule has 0 saturated heterocycles. The Kier molecular flexibility index (Phi) is 4.31. The maximum atomic E-state index is 10.5. The molecule has 1 aromatic carbocycles. The third kappa shape index (κ3) is 3.94. The van der Waals surface area contributed by atoms with Crippen molar-refractivity contribution in [2.45, 2.75) is 33.3 Å². The second kappa shape index (κ2) is 5.52. The van der Waals surface area contributed by atoms with Gasteiger partial charge in [0.2, 0.25) is 0 Å². The fourth-order valence-electron chi connectivity index (χ4n) is 1.69. The number of nitrogens with zero attached hydrogens (tertiary/aromatic N) is 1. The van der Waals surface area contributed by atoms with Crippen molar-refractivity contribution in [1.29, 1.82) is 0 Å². The Labute approximate surface area is 101 Å². The largest absolute Gasteiger partial charge is 0.489 e. The lowest BCUT2D eigenvalue weighted by molar-refractivity contribution is -0.384. The van der Waals surface area contributed by atoms with E-state index in [1.807, 2.05) is 6.92 Å². The number of nitro benzene ring substituents is 1. The molecule has 0 aliphatic carbocycles. The quantitative estimate of drug-likeness (QED) is 0.486. The molecule has 1 rings (SSSR count). The van der Waals surface area contributed by atoms with Crippen molar-refractivity contribution in [3.05, 3.63) is 28.3 Å². The smallest absolute Gasteiger partial charge is 0.271 e. The summed E-state index contributed by atoms with van der Waals surface area (Å²) in [6, 6.07) is 4.26. The van der Waals surface area contributed by atoms with Crippen molar-refractivity contribution in [2.24, 2.45) is 5.92 Å². The molecule has 1 unspecified atom stereocenters. The van der Waals surface area contributed by atoms with Gasteiger partial charge in [0.1, 0.15) is 5.75 Å². The maximum absolute atomic E-state index is 10.5. The van der Waals surface area contributed by atoms with E-state index in [0.29, 0.717) is 17.4 Å². The summed E-state index contributed by atoms with van der Waals surface area (Å²) in [6.45, 7) is 6.18. The SMILES string of the molecule is CC(C)CC(C)Oc1ccc([N+](=O)[O-])cc1N. The van der Waals surface area contributed by atoms with Gasteiger partial charge < -0.3 is 10.5 Å². The summed E-state index contributed by atoms with van der Waals surface area (Å²) in [4.78, 5) is 10.1. The topological polar surface area (TPSA) is 78.4 Å². The highest BCUT2D eigenvalue weighted by Gasteiger charge is 2.12. The summed E-state index contributed by atoms with van der Waals surface area (Å²) in [5.74, 6) is 1.04. The fraction of sp³-hybridized carbons (Fsp3) is 0.500. The van der Waals surface area contributed by atoms with Crippen molar-refractivity contribution in [3.63, 3.8) is 0 Å². The minimum atomic E-state index is -0.475. The Hall–Kier alpha value is -1.78. The number of nitro groups is 1. The zero-order chi connectivity index (χ0) is 13.0. The van der Waals surface area contributed by atoms with Crippen LogP contribution >= 0.6 is 0 Å². The normalized spacial score (nSPS) is 12.5. The first kappa shape index (κ1) is 13.3. The van der Waals surface area contributed by atoms with Crippen LogP contribution in [0.5, 0.6) is 5.75 Å². The lowest BCUT2D eigenvalue weighted by atomic mass is 10.1. The van der Waals surface area contributed by atoms with Crippen LogP contribution in [0, 0.1) is 16.0 Å². The van der Waals surface area contributed by atoms with Gasteiger partial charge in [-0.1, -0.05) is 13.8 Å². The molecule has 1 atom stereocenters. The van der Waals surface area contributed by atoms with Crippen LogP contribution in [0.2, 0.25) is 0 Å². The third-order valence-electron chi connectivity index (χ3n) is 2.34. The average Bonchev–Trinajstić information content (AvgIpc) is 2.19. The summed E-state index contributed by atoms with van der Waals surface area (Å²) < 4.78 is 5.64. The first-order valence-corrected chi connectivity index (χ1v) is 5.60. The van der Waals surface area contributed by atoms with Gasteiger partial charge in [-0.3, -0.25) is 10.1 Å². The standard InChI is InChI=1S/C12H18N2O3/c1-8(2)6-9(3)17-12-5-4-10(14(15)16)7-11(12)13/h4-5,7-9H,6,13H2,1-3H3. The molecule has 0 aromatic heterocycles. The van der Waals surface area contributed by atoms with Gasteiger partial charge in [0.15, 0.2) is 0 Å². The third-order valence-corrected chi connectivity index (χ3v) is 2.34. The first-order valence-electron chi connectivity index (χ1n) is 5.60. The summed E-state index contributed by atoms with van der Waals surface area (Å²) >= 11 is 0. The number of benzene rings is 1. The van der Waals surface area contributed by atoms with E-state index in [-0.39, 0.29) is 11.8 Å². The molecular formula is C12H18N2O3. The van der Waals surface area contributed by atoms with Crippen LogP contribution in [-0.4, -0.2) is 11.0 Å². The molecule has 1 aromatic rings. The Balaban J connectivity index is 2.75. The number of anilines is 1. The van der Waals surface area contributed by atoms with E-state index in [4.69, 9.17) is 10.5 Å². The first-order chi connectivity index (χ1) is 7.90. The molecule has 0 saturated carbocycles. The number of nitrogen functional groups attached to an aromatic ring is 1. The number of non-ortho nitro benzene ring substituents is 1. The molecule has 0 aliphatic heterocycles. The van der Waals surface area contributed by atoms with Gasteiger partial charge in [-0.2, -0.15) is 0 Å². The molecule has 0 radical (unpaired) electrons. The fourth-order valence-corrected chi connectivity index (χ4v) is 1.69. The minimum Gasteiger partial charge on any atom is -0.489 e. The van der Waals surface area contributed by atoms with Gasteiger partial charge in [0.25, 0.3) is 5.69 Å². The summed E-state index contributed by atoms with van der Waals surface area (Å²) in [5, 5.41) is 10.5. The van der Waals surface area contributed by atoms with Crippen molar-refractivity contribution in [2.75, 3.05) is 5.73 Å². The van der Waals surface area contributed by atoms with Crippen molar-refractivity contribution >= 4 is 11.4 Å². The van der Waals surface area contributed by atoms with Crippen LogP contribution in [0.1, 0.15) is 27.2 Å². The molecule has 0 bridgehead atoms. The van der Waals surface area contributed by atoms with Gasteiger partial charge in [-0.05, 0) is 25.3 Å². The Morgan fingerprint density at radius 3 is 2.53 bits per heavy atom. The molecule has 17 heavy (non-hydrogen) atoms. The molecule has 94 valence electrons. The predicted molar refractivity (Wildman–Crippen MR) is 67.1 cm³/mol. The highest BCUT2D eigenvalue weighted by Crippen LogP contribution is 2.27. The van der Waals surface area contributed by atoms with Crippen LogP contribution in [0.15, 0.2) is 18.2 Å². The molecule has 0 amide bonds. The van der Waals surface area contributed by atoms with Gasteiger partial charge in [0, 0.05) is 12.1 Å². The van der Waals surface area contributed by atoms with Gasteiger partial charge in [0.05, 0.1) is 16.7 Å². The molecule has 2 N–H and O–H groups in total. The summed E-state index contributed by atoms with van der Waals surface area (Å²) in [7, 11) is 0. The van der Waals surface area contributed by atoms with Gasteiger partial charge >= 0.3 is 0 Å². The molecule has 5 nitrogen and oxygen atoms in total. The van der Waals surface area contributed by atoms with Crippen LogP contribution < -0.4 is 10.5 Å². The second-order valence-corrected chi connectivity index (χ2v) is 4.54. The van der Waals surface area contributed by atoms with Gasteiger partial charge in [-0.25, -0.2) is 0 Å². The molecule has 0 fully saturated rings. The van der Waals surface area contributed by atoms with E-state index in [2.05, 4.69) is 13.8 Å². The molecule has 0 spiro atoms. The van der Waals surface area contributed by atoms with Crippen molar-refractivity contribution < 1.29 is 9.66 Å². The van der Waals surface area contributed by atoms with Crippen molar-refractivity contribution in [3.8, 4) is 5.75 Å². The van der Waals surface area contributed by atoms with E-state index in [1.165, 1.54) is 12.1 Å². The lowest BCUT2D eigenvalue weighted by Crippen LogP contribution is -2.15. The van der Waals surface area contributed by atoms with Crippen molar-refractivity contribution in [1.82, 2.24) is 0 Å². The van der Waals surface area contributed by atoms with E-state index in [1.54, 1.807) is 6.07 Å². The van der Waals surface area contributed by atoms with Crippen LogP contribution in [0.3, 0.4) is 0 Å². The average molecular weight is 238 g/mol. The number of rotatable bonds is 5. The lowest BCUT2D eigenvalue weighted by Gasteiger charge is -2.17. The molecular weight excluding hydrogens is 220 g/mol. The van der Waals surface area contributed by atoms with Crippen LogP contribution in [0.4, 0.5) is 11.4 Å². The van der Waals surface area contributed by atoms with Crippen LogP contribution in [0.25, 0.3) is 0 Å². The monoisotopic (exact) mass is 238 g/mol. The zero-order valence-electron chi connectivity index (χ0n) is 10.3. The van der Waals surface area contributed by atoms with Gasteiger partial charge in [-0.15, -0.1) is 0 Å². The summed E-state index contributed by atoms with van der Waals surface area (Å²) in [5.41, 5.74) is 5.99. The zero-order valence-corrected chi connectivity index (χ0v) is 10.3. The Morgan fingerprint density at radius 2 is 2.06 bits per heavy atom. The molecule has 0 aliphatic rings. The van der Waals surface area contributed by atoms with E-state index >= 15 is 0 Å². The second-order valence-electron chi connectivity index (χ2n) is 4.54. The van der Waals surface area contributed by atoms with E-state index < -0.39 is 4.92 Å². The number of nitrogens with two attached hydrogens (primary N) is 1. The predicted octanol–water partition coefficient (Wildman–Crippen LogP) is 2.99. The van der Waals surface area contributed by atoms with Crippen LogP contribution in [-0.2, 0) is 0 Å². The highest BCUT2D eigenvalue weighted by molar-refractivity contribution is 5.58. The Bertz CT molecular complexity index is 405. The highest BCUT2D eigenvalue weighted by atomic mass is 16.6. The summed E-state index contributed by atoms with van der Waals surface area (Å²) in [6.07, 6.45) is 0.954. The minimum absolute atomic E-state index is 0.0219. The molecule has 0 heterocycles. The maximum Gasteiger partial charge on any atom is 0.271 e. The molecule has 5 heteroatoms. The van der Waals surface area contributed by atoms with E-state index in [9.17, 15) is 10.1 Å². The van der Waals surface area contributed by atoms with E-state index in [0.717, 1.165) is 6.42 Å². The number of ether oxygens (including phenoxy) is 1.